The number of hydrogen-bond acceptors (Lipinski definition) is 6. The highest BCUT2D eigenvalue weighted by Gasteiger charge is 2.18. The maximum atomic E-state index is 15.4. The van der Waals surface area contributed by atoms with Gasteiger partial charge in [0.15, 0.2) is 0 Å². The fourth-order valence-corrected chi connectivity index (χ4v) is 3.67. The van der Waals surface area contributed by atoms with Crippen molar-refractivity contribution >= 4 is 33.6 Å². The van der Waals surface area contributed by atoms with Crippen molar-refractivity contribution in [1.29, 1.82) is 0 Å². The first kappa shape index (κ1) is 29.9. The van der Waals surface area contributed by atoms with Crippen molar-refractivity contribution in [2.24, 2.45) is 0 Å². The van der Waals surface area contributed by atoms with E-state index in [2.05, 4.69) is 21.2 Å². The van der Waals surface area contributed by atoms with Crippen LogP contribution in [0.25, 0.3) is 5.57 Å². The number of halogens is 2. The fraction of sp³-hybridized carbons (Fsp3) is 0.357. The number of rotatable bonds is 9. The Morgan fingerprint density at radius 3 is 2.46 bits per heavy atom. The van der Waals surface area contributed by atoms with E-state index in [0.717, 1.165) is 4.47 Å². The smallest absolute Gasteiger partial charge is 0.407 e. The average molecular weight is 578 g/mol. The van der Waals surface area contributed by atoms with Gasteiger partial charge in [0.25, 0.3) is 0 Å². The van der Waals surface area contributed by atoms with Crippen LogP contribution >= 0.6 is 15.9 Å². The second-order valence-corrected chi connectivity index (χ2v) is 10.1. The van der Waals surface area contributed by atoms with E-state index in [0.29, 0.717) is 17.1 Å². The van der Waals surface area contributed by atoms with Gasteiger partial charge in [0, 0.05) is 33.3 Å². The summed E-state index contributed by atoms with van der Waals surface area (Å²) in [5.41, 5.74) is 0.490. The number of carbonyl (C=O) groups is 2. The van der Waals surface area contributed by atoms with Gasteiger partial charge < -0.3 is 24.6 Å². The van der Waals surface area contributed by atoms with Crippen LogP contribution in [0.4, 0.5) is 9.18 Å². The zero-order chi connectivity index (χ0) is 27.8. The SMILES string of the molecule is CCOC(=O)Cc1ccc(Br)cc1OC(C)=C/C(=C(\C)O)c1cccc(CNC(=O)OC(C)(C)C)c1F. The van der Waals surface area contributed by atoms with Crippen LogP contribution in [0.2, 0.25) is 0 Å². The minimum Gasteiger partial charge on any atom is -0.512 e. The first-order chi connectivity index (χ1) is 17.3. The standard InChI is InChI=1S/C28H33BrFNO6/c1-7-35-25(33)14-19-11-12-21(29)15-24(19)36-17(2)13-23(18(3)32)22-10-8-9-20(26(22)30)16-31-27(34)37-28(4,5)6/h8-13,15,32H,7,14,16H2,1-6H3,(H,31,34)/b17-13?,23-18-. The molecule has 0 bridgehead atoms. The third-order valence-corrected chi connectivity index (χ3v) is 5.36. The predicted octanol–water partition coefficient (Wildman–Crippen LogP) is 6.99. The van der Waals surface area contributed by atoms with Gasteiger partial charge in [0.05, 0.1) is 18.8 Å². The molecule has 0 spiro atoms. The Balaban J connectivity index is 2.31. The molecule has 200 valence electrons. The van der Waals surface area contributed by atoms with Crippen LogP contribution in [0.15, 0.2) is 58.5 Å². The van der Waals surface area contributed by atoms with Crippen LogP contribution in [0.5, 0.6) is 5.75 Å². The van der Waals surface area contributed by atoms with E-state index in [1.165, 1.54) is 25.1 Å². The molecule has 2 aromatic rings. The van der Waals surface area contributed by atoms with E-state index < -0.39 is 17.5 Å². The zero-order valence-corrected chi connectivity index (χ0v) is 23.5. The molecule has 0 heterocycles. The Bertz CT molecular complexity index is 1200. The van der Waals surface area contributed by atoms with E-state index in [1.807, 2.05) is 0 Å². The van der Waals surface area contributed by atoms with Gasteiger partial charge in [-0.25, -0.2) is 9.18 Å². The number of nitrogens with one attached hydrogen (secondary N) is 1. The minimum atomic E-state index is -0.679. The molecule has 0 unspecified atom stereocenters. The highest BCUT2D eigenvalue weighted by atomic mass is 79.9. The Morgan fingerprint density at radius 1 is 1.14 bits per heavy atom. The molecule has 0 aliphatic heterocycles. The largest absolute Gasteiger partial charge is 0.512 e. The number of carbonyl (C=O) groups excluding carboxylic acids is 2. The molecule has 0 aliphatic carbocycles. The van der Waals surface area contributed by atoms with Gasteiger partial charge in [0.2, 0.25) is 0 Å². The second-order valence-electron chi connectivity index (χ2n) is 9.22. The Hall–Kier alpha value is -3.33. The summed E-state index contributed by atoms with van der Waals surface area (Å²) >= 11 is 3.40. The highest BCUT2D eigenvalue weighted by Crippen LogP contribution is 2.29. The van der Waals surface area contributed by atoms with Gasteiger partial charge in [0.1, 0.15) is 22.9 Å². The quantitative estimate of drug-likeness (QED) is 0.189. The molecule has 37 heavy (non-hydrogen) atoms. The van der Waals surface area contributed by atoms with Gasteiger partial charge in [-0.2, -0.15) is 0 Å². The van der Waals surface area contributed by atoms with Gasteiger partial charge in [-0.15, -0.1) is 0 Å². The van der Waals surface area contributed by atoms with Crippen LogP contribution in [0, 0.1) is 5.82 Å². The van der Waals surface area contributed by atoms with Gasteiger partial charge in [-0.1, -0.05) is 40.2 Å². The molecule has 0 aromatic heterocycles. The third-order valence-electron chi connectivity index (χ3n) is 4.87. The lowest BCUT2D eigenvalue weighted by molar-refractivity contribution is -0.142. The predicted molar refractivity (Wildman–Crippen MR) is 144 cm³/mol. The number of esters is 1. The zero-order valence-electron chi connectivity index (χ0n) is 21.9. The van der Waals surface area contributed by atoms with Crippen LogP contribution < -0.4 is 10.1 Å². The third kappa shape index (κ3) is 9.57. The molecular formula is C28H33BrFNO6. The van der Waals surface area contributed by atoms with Crippen molar-refractivity contribution in [3.05, 3.63) is 81.0 Å². The maximum absolute atomic E-state index is 15.4. The molecule has 0 saturated carbocycles. The summed E-state index contributed by atoms with van der Waals surface area (Å²) < 4.78 is 32.4. The molecule has 0 atom stereocenters. The lowest BCUT2D eigenvalue weighted by Crippen LogP contribution is -2.32. The number of aliphatic hydroxyl groups is 1. The fourth-order valence-electron chi connectivity index (χ4n) is 3.33. The molecule has 0 fully saturated rings. The van der Waals surface area contributed by atoms with Crippen molar-refractivity contribution in [3.63, 3.8) is 0 Å². The molecule has 0 aliphatic rings. The Kier molecular flexibility index (Phi) is 10.7. The van der Waals surface area contributed by atoms with E-state index in [4.69, 9.17) is 14.2 Å². The first-order valence-electron chi connectivity index (χ1n) is 11.7. The summed E-state index contributed by atoms with van der Waals surface area (Å²) in [5.74, 6) is -0.344. The molecule has 2 rings (SSSR count). The molecule has 2 aromatic carbocycles. The summed E-state index contributed by atoms with van der Waals surface area (Å²) in [5, 5.41) is 12.9. The first-order valence-corrected chi connectivity index (χ1v) is 12.5. The maximum Gasteiger partial charge on any atom is 0.407 e. The minimum absolute atomic E-state index is 0.0206. The van der Waals surface area contributed by atoms with Crippen LogP contribution in [-0.2, 0) is 27.2 Å². The molecule has 2 N–H and O–H groups in total. The van der Waals surface area contributed by atoms with Crippen LogP contribution in [0.1, 0.15) is 58.2 Å². The van der Waals surface area contributed by atoms with Gasteiger partial charge in [-0.3, -0.25) is 4.79 Å². The van der Waals surface area contributed by atoms with Crippen molar-refractivity contribution in [2.75, 3.05) is 6.61 Å². The molecule has 0 radical (unpaired) electrons. The lowest BCUT2D eigenvalue weighted by Gasteiger charge is -2.20. The molecule has 1 amide bonds. The van der Waals surface area contributed by atoms with E-state index in [9.17, 15) is 14.7 Å². The topological polar surface area (TPSA) is 94.1 Å². The molecule has 9 heteroatoms. The summed E-state index contributed by atoms with van der Waals surface area (Å²) in [7, 11) is 0. The van der Waals surface area contributed by atoms with E-state index in [1.54, 1.807) is 58.9 Å². The highest BCUT2D eigenvalue weighted by molar-refractivity contribution is 9.10. The monoisotopic (exact) mass is 577 g/mol. The van der Waals surface area contributed by atoms with Crippen LogP contribution in [0.3, 0.4) is 0 Å². The second kappa shape index (κ2) is 13.3. The number of alkyl carbamates (subject to hydrolysis) is 1. The Morgan fingerprint density at radius 2 is 1.84 bits per heavy atom. The number of aliphatic hydroxyl groups excluding tert-OH is 1. The number of amides is 1. The number of hydrogen-bond donors (Lipinski definition) is 2. The average Bonchev–Trinajstić information content (AvgIpc) is 2.78. The molecule has 0 saturated heterocycles. The van der Waals surface area contributed by atoms with E-state index >= 15 is 4.39 Å². The molecular weight excluding hydrogens is 545 g/mol. The van der Waals surface area contributed by atoms with Gasteiger partial charge >= 0.3 is 12.1 Å². The van der Waals surface area contributed by atoms with Crippen molar-refractivity contribution < 1.29 is 33.3 Å². The number of benzene rings is 2. The summed E-state index contributed by atoms with van der Waals surface area (Å²) in [6.07, 6.45) is 0.865. The molecule has 7 nitrogen and oxygen atoms in total. The summed E-state index contributed by atoms with van der Waals surface area (Å²) in [6, 6.07) is 9.94. The summed E-state index contributed by atoms with van der Waals surface area (Å²) in [4.78, 5) is 24.0. The van der Waals surface area contributed by atoms with Crippen molar-refractivity contribution in [1.82, 2.24) is 5.32 Å². The Labute approximate surface area is 225 Å². The number of ether oxygens (including phenoxy) is 3. The van der Waals surface area contributed by atoms with Crippen LogP contribution in [-0.4, -0.2) is 29.4 Å². The normalized spacial score (nSPS) is 12.5. The van der Waals surface area contributed by atoms with Gasteiger partial charge in [-0.05, 0) is 59.8 Å². The van der Waals surface area contributed by atoms with E-state index in [-0.39, 0.29) is 48.0 Å². The van der Waals surface area contributed by atoms with Crippen molar-refractivity contribution in [2.45, 2.75) is 60.1 Å². The summed E-state index contributed by atoms with van der Waals surface area (Å²) in [6.45, 7) is 10.2. The lowest BCUT2D eigenvalue weighted by atomic mass is 10.00. The van der Waals surface area contributed by atoms with Crippen molar-refractivity contribution in [3.8, 4) is 5.75 Å². The number of allylic oxidation sites excluding steroid dienone is 4.